The van der Waals surface area contributed by atoms with Crippen molar-refractivity contribution in [2.24, 2.45) is 0 Å². The second-order valence-electron chi connectivity index (χ2n) is 3.13. The molecular weight excluding hydrogens is 238 g/mol. The number of nitrogens with two attached hydrogens (primary N) is 1. The molecule has 17 heavy (non-hydrogen) atoms. The lowest BCUT2D eigenvalue weighted by Gasteiger charge is -2.01. The zero-order valence-corrected chi connectivity index (χ0v) is 9.35. The van der Waals surface area contributed by atoms with E-state index in [1.807, 2.05) is 0 Å². The van der Waals surface area contributed by atoms with E-state index in [1.165, 1.54) is 11.8 Å². The van der Waals surface area contributed by atoms with Gasteiger partial charge in [-0.1, -0.05) is 0 Å². The quantitative estimate of drug-likeness (QED) is 0.645. The molecule has 0 aliphatic heterocycles. The van der Waals surface area contributed by atoms with Crippen molar-refractivity contribution in [3.05, 3.63) is 24.9 Å². The molecule has 0 saturated carbocycles. The number of nitrogen functional groups attached to an aromatic ring is 1. The molecule has 0 aliphatic carbocycles. The van der Waals surface area contributed by atoms with Crippen molar-refractivity contribution in [3.8, 4) is 0 Å². The van der Waals surface area contributed by atoms with Gasteiger partial charge in [0.2, 0.25) is 5.95 Å². The first-order valence-corrected chi connectivity index (χ1v) is 5.55. The van der Waals surface area contributed by atoms with Crippen molar-refractivity contribution >= 4 is 28.9 Å². The molecule has 0 amide bonds. The van der Waals surface area contributed by atoms with E-state index in [9.17, 15) is 0 Å². The molecule has 3 N–H and O–H groups in total. The maximum Gasteiger partial charge on any atom is 0.223 e. The van der Waals surface area contributed by atoms with E-state index < -0.39 is 0 Å². The van der Waals surface area contributed by atoms with E-state index in [4.69, 9.17) is 5.73 Å². The number of anilines is 1. The van der Waals surface area contributed by atoms with Gasteiger partial charge in [-0.15, -0.1) is 0 Å². The van der Waals surface area contributed by atoms with Crippen LogP contribution in [0, 0.1) is 0 Å². The smallest absolute Gasteiger partial charge is 0.223 e. The Morgan fingerprint density at radius 1 is 1.18 bits per heavy atom. The summed E-state index contributed by atoms with van der Waals surface area (Å²) < 4.78 is 0. The van der Waals surface area contributed by atoms with Crippen LogP contribution in [0.25, 0.3) is 11.2 Å². The molecule has 0 aromatic carbocycles. The van der Waals surface area contributed by atoms with Gasteiger partial charge in [-0.25, -0.2) is 15.0 Å². The summed E-state index contributed by atoms with van der Waals surface area (Å²) in [5, 5.41) is 1.42. The average Bonchev–Trinajstić information content (AvgIpc) is 2.78. The van der Waals surface area contributed by atoms with Crippen molar-refractivity contribution in [1.29, 1.82) is 0 Å². The van der Waals surface area contributed by atoms with Gasteiger partial charge in [0.15, 0.2) is 5.65 Å². The summed E-state index contributed by atoms with van der Waals surface area (Å²) in [5.41, 5.74) is 6.90. The van der Waals surface area contributed by atoms with Crippen molar-refractivity contribution in [2.75, 3.05) is 5.73 Å². The van der Waals surface area contributed by atoms with Gasteiger partial charge >= 0.3 is 0 Å². The van der Waals surface area contributed by atoms with Crippen molar-refractivity contribution in [1.82, 2.24) is 29.9 Å². The standard InChI is InChI=1S/C9H7N7S/c10-9-15-7-6(13-4-14-7)8(16-9)17-5-3-11-1-2-12-5/h1-4H,(H3,10,13,14,15,16). The number of nitrogens with one attached hydrogen (secondary N) is 1. The highest BCUT2D eigenvalue weighted by atomic mass is 32.2. The number of aromatic nitrogens is 6. The SMILES string of the molecule is Nc1nc(Sc2cnccn2)c2[nH]cnc2n1. The van der Waals surface area contributed by atoms with Crippen LogP contribution < -0.4 is 5.73 Å². The number of imidazole rings is 1. The number of aromatic amines is 1. The Hall–Kier alpha value is -2.22. The summed E-state index contributed by atoms with van der Waals surface area (Å²) in [7, 11) is 0. The van der Waals surface area contributed by atoms with Crippen LogP contribution in [0.4, 0.5) is 5.95 Å². The first kappa shape index (κ1) is 9.97. The molecule has 7 nitrogen and oxygen atoms in total. The Bertz CT molecular complexity index is 651. The summed E-state index contributed by atoms with van der Waals surface area (Å²) in [4.78, 5) is 23.3. The van der Waals surface area contributed by atoms with Crippen LogP contribution in [-0.2, 0) is 0 Å². The van der Waals surface area contributed by atoms with Gasteiger partial charge in [-0.3, -0.25) is 4.98 Å². The Morgan fingerprint density at radius 2 is 2.12 bits per heavy atom. The largest absolute Gasteiger partial charge is 0.368 e. The molecule has 0 unspecified atom stereocenters. The molecule has 0 aliphatic rings. The lowest BCUT2D eigenvalue weighted by Crippen LogP contribution is -1.97. The highest BCUT2D eigenvalue weighted by Crippen LogP contribution is 2.28. The average molecular weight is 245 g/mol. The molecule has 84 valence electrons. The predicted molar refractivity (Wildman–Crippen MR) is 62.3 cm³/mol. The fourth-order valence-electron chi connectivity index (χ4n) is 1.33. The monoisotopic (exact) mass is 245 g/mol. The third-order valence-electron chi connectivity index (χ3n) is 2.01. The van der Waals surface area contributed by atoms with Crippen molar-refractivity contribution in [2.45, 2.75) is 10.1 Å². The lowest BCUT2D eigenvalue weighted by atomic mass is 10.5. The minimum absolute atomic E-state index is 0.191. The maximum atomic E-state index is 5.61. The minimum atomic E-state index is 0.191. The summed E-state index contributed by atoms with van der Waals surface area (Å²) >= 11 is 1.36. The number of H-pyrrole nitrogens is 1. The van der Waals surface area contributed by atoms with Crippen molar-refractivity contribution < 1.29 is 0 Å². The normalized spacial score (nSPS) is 10.8. The van der Waals surface area contributed by atoms with Crippen LogP contribution in [0.5, 0.6) is 0 Å². The first-order chi connectivity index (χ1) is 8.33. The summed E-state index contributed by atoms with van der Waals surface area (Å²) in [5.74, 6) is 0.191. The fourth-order valence-corrected chi connectivity index (χ4v) is 2.15. The van der Waals surface area contributed by atoms with Gasteiger partial charge < -0.3 is 10.7 Å². The number of hydrogen-bond donors (Lipinski definition) is 2. The first-order valence-electron chi connectivity index (χ1n) is 4.73. The molecule has 3 heterocycles. The Kier molecular flexibility index (Phi) is 2.33. The second kappa shape index (κ2) is 3.98. The molecule has 0 fully saturated rings. The third kappa shape index (κ3) is 1.89. The van der Waals surface area contributed by atoms with Crippen LogP contribution in [0.15, 0.2) is 35.0 Å². The summed E-state index contributed by atoms with van der Waals surface area (Å²) in [6, 6.07) is 0. The van der Waals surface area contributed by atoms with Crippen LogP contribution in [0.2, 0.25) is 0 Å². The minimum Gasteiger partial charge on any atom is -0.368 e. The molecule has 0 atom stereocenters. The Balaban J connectivity index is 2.08. The third-order valence-corrected chi connectivity index (χ3v) is 2.92. The van der Waals surface area contributed by atoms with E-state index in [2.05, 4.69) is 29.9 Å². The number of nitrogens with zero attached hydrogens (tertiary/aromatic N) is 5. The molecule has 3 rings (SSSR count). The summed E-state index contributed by atoms with van der Waals surface area (Å²) in [6.07, 6.45) is 6.45. The number of rotatable bonds is 2. The van der Waals surface area contributed by atoms with Crippen LogP contribution in [0.1, 0.15) is 0 Å². The highest BCUT2D eigenvalue weighted by molar-refractivity contribution is 7.99. The van der Waals surface area contributed by atoms with Gasteiger partial charge in [-0.2, -0.15) is 4.98 Å². The van der Waals surface area contributed by atoms with Gasteiger partial charge in [-0.05, 0) is 11.8 Å². The van der Waals surface area contributed by atoms with Crippen LogP contribution in [-0.4, -0.2) is 29.9 Å². The zero-order chi connectivity index (χ0) is 11.7. The molecule has 0 radical (unpaired) electrons. The molecular formula is C9H7N7S. The van der Waals surface area contributed by atoms with Gasteiger partial charge in [0, 0.05) is 12.4 Å². The van der Waals surface area contributed by atoms with E-state index in [-0.39, 0.29) is 5.95 Å². The van der Waals surface area contributed by atoms with E-state index in [0.717, 1.165) is 10.5 Å². The molecule has 0 saturated heterocycles. The second-order valence-corrected chi connectivity index (χ2v) is 4.14. The van der Waals surface area contributed by atoms with Crippen LogP contribution >= 0.6 is 11.8 Å². The van der Waals surface area contributed by atoms with E-state index >= 15 is 0 Å². The molecule has 3 aromatic heterocycles. The molecule has 0 spiro atoms. The molecule has 8 heteroatoms. The van der Waals surface area contributed by atoms with Crippen molar-refractivity contribution in [3.63, 3.8) is 0 Å². The highest BCUT2D eigenvalue weighted by Gasteiger charge is 2.10. The Morgan fingerprint density at radius 3 is 2.94 bits per heavy atom. The fraction of sp³-hybridized carbons (Fsp3) is 0. The summed E-state index contributed by atoms with van der Waals surface area (Å²) in [6.45, 7) is 0. The number of fused-ring (bicyclic) bond motifs is 1. The molecule has 3 aromatic rings. The van der Waals surface area contributed by atoms with E-state index in [0.29, 0.717) is 10.7 Å². The van der Waals surface area contributed by atoms with Gasteiger partial charge in [0.1, 0.15) is 15.6 Å². The lowest BCUT2D eigenvalue weighted by molar-refractivity contribution is 1.04. The topological polar surface area (TPSA) is 106 Å². The number of hydrogen-bond acceptors (Lipinski definition) is 7. The Labute approximate surface area is 99.9 Å². The van der Waals surface area contributed by atoms with E-state index in [1.54, 1.807) is 24.9 Å². The maximum absolute atomic E-state index is 5.61. The molecule has 0 bridgehead atoms. The van der Waals surface area contributed by atoms with Gasteiger partial charge in [0.05, 0.1) is 12.5 Å². The van der Waals surface area contributed by atoms with Crippen LogP contribution in [0.3, 0.4) is 0 Å². The predicted octanol–water partition coefficient (Wildman–Crippen LogP) is 0.876. The zero-order valence-electron chi connectivity index (χ0n) is 8.53. The van der Waals surface area contributed by atoms with Gasteiger partial charge in [0.25, 0.3) is 0 Å².